The van der Waals surface area contributed by atoms with Crippen LogP contribution in [0.25, 0.3) is 0 Å². The Labute approximate surface area is 252 Å². The van der Waals surface area contributed by atoms with E-state index >= 15 is 0 Å². The Bertz CT molecular complexity index is 1340. The average Bonchev–Trinajstić information content (AvgIpc) is 3.74. The van der Waals surface area contributed by atoms with E-state index in [1.807, 2.05) is 0 Å². The van der Waals surface area contributed by atoms with E-state index in [-0.39, 0.29) is 30.2 Å². The molecule has 0 spiro atoms. The third-order valence-corrected chi connectivity index (χ3v) is 10.5. The summed E-state index contributed by atoms with van der Waals surface area (Å²) in [4.78, 5) is 48.9. The van der Waals surface area contributed by atoms with E-state index in [9.17, 15) is 14.4 Å². The normalized spacial score (nSPS) is 26.6. The number of methoxy groups -OCH3 is 1. The Morgan fingerprint density at radius 1 is 1.12 bits per heavy atom. The monoisotopic (exact) mass is 594 g/mol. The molecule has 4 aliphatic rings. The second kappa shape index (κ2) is 11.9. The molecular formula is C32H42N4O5S. The quantitative estimate of drug-likeness (QED) is 0.464. The molecule has 3 atom stereocenters. The summed E-state index contributed by atoms with van der Waals surface area (Å²) in [5.41, 5.74) is 4.53. The molecule has 9 nitrogen and oxygen atoms in total. The van der Waals surface area contributed by atoms with Crippen LogP contribution in [0.4, 0.5) is 9.93 Å². The Kier molecular flexibility index (Phi) is 8.18. The molecule has 3 aliphatic heterocycles. The zero-order valence-electron chi connectivity index (χ0n) is 24.9. The number of hydrogen-bond acceptors (Lipinski definition) is 8. The fourth-order valence-electron chi connectivity index (χ4n) is 7.22. The molecule has 1 aliphatic carbocycles. The number of thiazole rings is 1. The number of aromatic nitrogens is 1. The highest BCUT2D eigenvalue weighted by molar-refractivity contribution is 7.13. The molecule has 4 heterocycles. The van der Waals surface area contributed by atoms with Gasteiger partial charge in [-0.3, -0.25) is 9.69 Å². The Balaban J connectivity index is 1.34. The van der Waals surface area contributed by atoms with Crippen molar-refractivity contribution in [3.05, 3.63) is 46.0 Å². The molecule has 226 valence electrons. The third kappa shape index (κ3) is 5.74. The number of nitrogens with one attached hydrogen (secondary N) is 1. The van der Waals surface area contributed by atoms with E-state index in [4.69, 9.17) is 14.5 Å². The van der Waals surface area contributed by atoms with Gasteiger partial charge in [0.15, 0.2) is 5.13 Å². The van der Waals surface area contributed by atoms with Crippen LogP contribution < -0.4 is 5.32 Å². The van der Waals surface area contributed by atoms with Crippen LogP contribution in [0.3, 0.4) is 0 Å². The van der Waals surface area contributed by atoms with Crippen LogP contribution in [0, 0.1) is 5.92 Å². The average molecular weight is 595 g/mol. The van der Waals surface area contributed by atoms with Gasteiger partial charge in [0.2, 0.25) is 5.91 Å². The van der Waals surface area contributed by atoms with Gasteiger partial charge in [-0.2, -0.15) is 0 Å². The summed E-state index contributed by atoms with van der Waals surface area (Å²) < 4.78 is 11.1. The number of nitrogens with zero attached hydrogens (tertiary/aromatic N) is 3. The molecule has 1 saturated heterocycles. The summed E-state index contributed by atoms with van der Waals surface area (Å²) in [6.45, 7) is 5.63. The smallest absolute Gasteiger partial charge is 0.410 e. The molecule has 1 saturated carbocycles. The van der Waals surface area contributed by atoms with Gasteiger partial charge in [-0.05, 0) is 54.7 Å². The lowest BCUT2D eigenvalue weighted by atomic mass is 9.83. The molecule has 1 aromatic heterocycles. The van der Waals surface area contributed by atoms with E-state index in [0.717, 1.165) is 61.3 Å². The standard InChI is InChI=1S/C32H42N4O5S/c1-32(2)14-8-13-20-11-7-12-22-16-35(18-24(20)22)31(39)41-23-15-25(29(38)40-3)36(17-23)28(37)27(21-9-5-4-6-10-21)34-30-33-26(32)19-42-30/h7,11-12,19,21,23,25,27H,4-6,8-10,13-18H2,1-3H3,(H,33,34)/t23-,25+,27+/m1/s1. The molecule has 2 fully saturated rings. The number of hydrogen-bond donors (Lipinski definition) is 1. The molecule has 0 unspecified atom stereocenters. The van der Waals surface area contributed by atoms with Gasteiger partial charge in [0, 0.05) is 30.3 Å². The highest BCUT2D eigenvalue weighted by Crippen LogP contribution is 2.36. The molecule has 1 aromatic carbocycles. The lowest BCUT2D eigenvalue weighted by Crippen LogP contribution is -2.51. The lowest BCUT2D eigenvalue weighted by Gasteiger charge is -2.34. The van der Waals surface area contributed by atoms with Crippen molar-refractivity contribution in [2.24, 2.45) is 5.92 Å². The predicted molar refractivity (Wildman–Crippen MR) is 160 cm³/mol. The van der Waals surface area contributed by atoms with Crippen molar-refractivity contribution in [3.8, 4) is 0 Å². The van der Waals surface area contributed by atoms with Crippen molar-refractivity contribution in [1.82, 2.24) is 14.8 Å². The molecule has 42 heavy (non-hydrogen) atoms. The van der Waals surface area contributed by atoms with Crippen molar-refractivity contribution >= 4 is 34.4 Å². The first-order chi connectivity index (χ1) is 20.2. The number of esters is 1. The fraction of sp³-hybridized carbons (Fsp3) is 0.625. The first kappa shape index (κ1) is 29.0. The van der Waals surface area contributed by atoms with Gasteiger partial charge < -0.3 is 19.7 Å². The number of aryl methyl sites for hydroxylation is 1. The van der Waals surface area contributed by atoms with Gasteiger partial charge in [0.1, 0.15) is 18.2 Å². The molecule has 0 radical (unpaired) electrons. The molecule has 6 rings (SSSR count). The fourth-order valence-corrected chi connectivity index (χ4v) is 8.16. The van der Waals surface area contributed by atoms with Crippen LogP contribution in [0.1, 0.15) is 87.6 Å². The van der Waals surface area contributed by atoms with E-state index < -0.39 is 30.3 Å². The van der Waals surface area contributed by atoms with Gasteiger partial charge in [0.05, 0.1) is 19.3 Å². The minimum Gasteiger partial charge on any atom is -0.467 e. The van der Waals surface area contributed by atoms with Crippen LogP contribution in [-0.2, 0) is 44.0 Å². The topological polar surface area (TPSA) is 101 Å². The molecule has 2 aromatic rings. The zero-order chi connectivity index (χ0) is 29.4. The first-order valence-electron chi connectivity index (χ1n) is 15.4. The Morgan fingerprint density at radius 3 is 2.69 bits per heavy atom. The largest absolute Gasteiger partial charge is 0.467 e. The van der Waals surface area contributed by atoms with Gasteiger partial charge in [-0.15, -0.1) is 11.3 Å². The van der Waals surface area contributed by atoms with E-state index in [1.165, 1.54) is 36.0 Å². The van der Waals surface area contributed by atoms with Gasteiger partial charge in [0.25, 0.3) is 0 Å². The van der Waals surface area contributed by atoms with Gasteiger partial charge in [-0.1, -0.05) is 51.3 Å². The molecule has 6 bridgehead atoms. The molecule has 1 N–H and O–H groups in total. The first-order valence-corrected chi connectivity index (χ1v) is 16.3. The Hall–Kier alpha value is -3.14. The SMILES string of the molecule is COC(=O)[C@@H]1C[C@@H]2CN1C(=O)[C@H](C1CCCCC1)Nc1nc(cs1)C(C)(C)CCCc1cccc3c1CN(C3)C(=O)O2. The third-order valence-electron chi connectivity index (χ3n) is 9.74. The minimum atomic E-state index is -0.799. The van der Waals surface area contributed by atoms with Gasteiger partial charge >= 0.3 is 12.1 Å². The number of fused-ring (bicyclic) bond motifs is 5. The van der Waals surface area contributed by atoms with Gasteiger partial charge in [-0.25, -0.2) is 14.6 Å². The number of carbonyl (C=O) groups excluding carboxylic acids is 3. The zero-order valence-corrected chi connectivity index (χ0v) is 25.7. The molecule has 10 heteroatoms. The summed E-state index contributed by atoms with van der Waals surface area (Å²) in [5, 5.41) is 6.36. The number of ether oxygens (including phenoxy) is 2. The number of rotatable bonds is 2. The van der Waals surface area contributed by atoms with E-state index in [2.05, 4.69) is 42.7 Å². The second-order valence-corrected chi connectivity index (χ2v) is 13.8. The maximum Gasteiger partial charge on any atom is 0.410 e. The second-order valence-electron chi connectivity index (χ2n) is 13.0. The highest BCUT2D eigenvalue weighted by Gasteiger charge is 2.46. The molecule has 2 amide bonds. The van der Waals surface area contributed by atoms with Crippen molar-refractivity contribution in [2.45, 2.75) is 108 Å². The minimum absolute atomic E-state index is 0.129. The van der Waals surface area contributed by atoms with Crippen LogP contribution in [0.5, 0.6) is 0 Å². The summed E-state index contributed by atoms with van der Waals surface area (Å²) >= 11 is 1.54. The van der Waals surface area contributed by atoms with Crippen molar-refractivity contribution < 1.29 is 23.9 Å². The summed E-state index contributed by atoms with van der Waals surface area (Å²) in [5.74, 6) is -0.497. The van der Waals surface area contributed by atoms with E-state index in [0.29, 0.717) is 13.1 Å². The van der Waals surface area contributed by atoms with Crippen LogP contribution >= 0.6 is 11.3 Å². The van der Waals surface area contributed by atoms with Crippen molar-refractivity contribution in [2.75, 3.05) is 19.0 Å². The lowest BCUT2D eigenvalue weighted by molar-refractivity contribution is -0.151. The maximum atomic E-state index is 14.3. The predicted octanol–water partition coefficient (Wildman–Crippen LogP) is 5.41. The van der Waals surface area contributed by atoms with Crippen molar-refractivity contribution in [3.63, 3.8) is 0 Å². The summed E-state index contributed by atoms with van der Waals surface area (Å²) in [7, 11) is 1.34. The maximum absolute atomic E-state index is 14.3. The van der Waals surface area contributed by atoms with Crippen molar-refractivity contribution in [1.29, 1.82) is 0 Å². The number of anilines is 1. The number of amides is 2. The van der Waals surface area contributed by atoms with Crippen LogP contribution in [0.15, 0.2) is 23.6 Å². The van der Waals surface area contributed by atoms with E-state index in [1.54, 1.807) is 9.80 Å². The van der Waals surface area contributed by atoms with Crippen LogP contribution in [0.2, 0.25) is 0 Å². The van der Waals surface area contributed by atoms with Crippen LogP contribution in [-0.4, -0.2) is 64.6 Å². The summed E-state index contributed by atoms with van der Waals surface area (Å²) in [6.07, 6.45) is 7.34. The highest BCUT2D eigenvalue weighted by atomic mass is 32.1. The molecular weight excluding hydrogens is 552 g/mol. The Morgan fingerprint density at radius 2 is 1.90 bits per heavy atom. The summed E-state index contributed by atoms with van der Waals surface area (Å²) in [6, 6.07) is 5.01. The number of carbonyl (C=O) groups is 3. The number of benzene rings is 1.